The Morgan fingerprint density at radius 1 is 1.24 bits per heavy atom. The molecule has 1 N–H and O–H groups in total. The fourth-order valence-corrected chi connectivity index (χ4v) is 4.44. The van der Waals surface area contributed by atoms with Gasteiger partial charge in [-0.3, -0.25) is 9.69 Å². The van der Waals surface area contributed by atoms with Crippen molar-refractivity contribution in [2.75, 3.05) is 16.3 Å². The summed E-state index contributed by atoms with van der Waals surface area (Å²) >= 11 is 4.78. The van der Waals surface area contributed by atoms with Crippen molar-refractivity contribution in [3.8, 4) is 0 Å². The van der Waals surface area contributed by atoms with E-state index in [1.807, 2.05) is 39.0 Å². The van der Waals surface area contributed by atoms with E-state index in [-0.39, 0.29) is 11.9 Å². The number of hydrogen-bond acceptors (Lipinski definition) is 3. The summed E-state index contributed by atoms with van der Waals surface area (Å²) in [4.78, 5) is 28.7. The maximum atomic E-state index is 13.1. The normalized spacial score (nSPS) is 16.7. The second-order valence-corrected chi connectivity index (χ2v) is 8.62. The average molecular weight is 423 g/mol. The molecule has 2 heterocycles. The fraction of sp³-hybridized carbons (Fsp3) is 0.333. The first-order valence-electron chi connectivity index (χ1n) is 8.04. The van der Waals surface area contributed by atoms with Crippen LogP contribution in [-0.2, 0) is 0 Å². The van der Waals surface area contributed by atoms with Gasteiger partial charge in [0.1, 0.15) is 0 Å². The highest BCUT2D eigenvalue weighted by Crippen LogP contribution is 2.39. The maximum absolute atomic E-state index is 13.1. The Balaban J connectivity index is 2.14. The van der Waals surface area contributed by atoms with Crippen LogP contribution in [0.25, 0.3) is 0 Å². The van der Waals surface area contributed by atoms with Gasteiger partial charge in [-0.25, -0.2) is 4.79 Å². The average Bonchev–Trinajstić information content (AvgIpc) is 3.00. The van der Waals surface area contributed by atoms with Crippen LogP contribution in [0.15, 0.2) is 28.1 Å². The lowest BCUT2D eigenvalue weighted by Gasteiger charge is -2.41. The van der Waals surface area contributed by atoms with Gasteiger partial charge in [-0.2, -0.15) is 0 Å². The summed E-state index contributed by atoms with van der Waals surface area (Å²) in [6.07, 6.45) is -0.348. The van der Waals surface area contributed by atoms with Crippen molar-refractivity contribution < 1.29 is 14.7 Å². The van der Waals surface area contributed by atoms with Crippen LogP contribution in [0.1, 0.15) is 34.1 Å². The Kier molecular flexibility index (Phi) is 4.88. The number of thiophene rings is 1. The Bertz CT molecular complexity index is 849. The zero-order valence-electron chi connectivity index (χ0n) is 14.2. The van der Waals surface area contributed by atoms with Crippen molar-refractivity contribution in [1.29, 1.82) is 0 Å². The standard InChI is InChI=1S/C18H19BrN2O3S/c1-4-12-9-20(17(22)15-5-6-16(19)25-15)13-7-10(2)11(3)8-14(13)21(12)18(23)24/h5-8,12H,4,9H2,1-3H3,(H,23,24). The first-order valence-corrected chi connectivity index (χ1v) is 9.65. The molecular weight excluding hydrogens is 404 g/mol. The summed E-state index contributed by atoms with van der Waals surface area (Å²) in [7, 11) is 0. The summed E-state index contributed by atoms with van der Waals surface area (Å²) in [5, 5.41) is 9.71. The molecule has 1 unspecified atom stereocenters. The van der Waals surface area contributed by atoms with E-state index in [1.165, 1.54) is 16.2 Å². The molecule has 0 spiro atoms. The molecule has 0 saturated heterocycles. The molecule has 2 aromatic rings. The number of hydrogen-bond donors (Lipinski definition) is 1. The lowest BCUT2D eigenvalue weighted by Crippen LogP contribution is -2.52. The van der Waals surface area contributed by atoms with Gasteiger partial charge in [0.15, 0.2) is 0 Å². The van der Waals surface area contributed by atoms with Crippen LogP contribution in [0, 0.1) is 13.8 Å². The Hall–Kier alpha value is -1.86. The highest BCUT2D eigenvalue weighted by molar-refractivity contribution is 9.11. The third-order valence-electron chi connectivity index (χ3n) is 4.61. The molecule has 0 fully saturated rings. The largest absolute Gasteiger partial charge is 0.465 e. The molecule has 0 saturated carbocycles. The van der Waals surface area contributed by atoms with Crippen LogP contribution >= 0.6 is 27.3 Å². The number of carbonyl (C=O) groups excluding carboxylic acids is 1. The molecule has 3 rings (SSSR count). The molecule has 2 amide bonds. The second kappa shape index (κ2) is 6.80. The molecule has 1 aliphatic rings. The molecule has 132 valence electrons. The minimum atomic E-state index is -0.984. The monoisotopic (exact) mass is 422 g/mol. The molecule has 0 radical (unpaired) electrons. The molecule has 1 aromatic carbocycles. The zero-order chi connectivity index (χ0) is 18.3. The van der Waals surface area contributed by atoms with Gasteiger partial charge in [-0.15, -0.1) is 11.3 Å². The van der Waals surface area contributed by atoms with Crippen molar-refractivity contribution in [1.82, 2.24) is 0 Å². The Morgan fingerprint density at radius 2 is 1.88 bits per heavy atom. The van der Waals surface area contributed by atoms with Crippen LogP contribution in [0.2, 0.25) is 0 Å². The lowest BCUT2D eigenvalue weighted by atomic mass is 10.0. The van der Waals surface area contributed by atoms with Crippen molar-refractivity contribution in [3.63, 3.8) is 0 Å². The predicted octanol–water partition coefficient (Wildman–Crippen LogP) is 5.05. The van der Waals surface area contributed by atoms with Crippen LogP contribution in [0.5, 0.6) is 0 Å². The van der Waals surface area contributed by atoms with Gasteiger partial charge in [-0.05, 0) is 71.6 Å². The molecule has 1 aromatic heterocycles. The summed E-state index contributed by atoms with van der Waals surface area (Å²) < 4.78 is 0.896. The highest BCUT2D eigenvalue weighted by atomic mass is 79.9. The van der Waals surface area contributed by atoms with Crippen molar-refractivity contribution in [3.05, 3.63) is 44.1 Å². The van der Waals surface area contributed by atoms with Gasteiger partial charge in [0.25, 0.3) is 5.91 Å². The number of rotatable bonds is 2. The van der Waals surface area contributed by atoms with Gasteiger partial charge in [0.2, 0.25) is 0 Å². The smallest absolute Gasteiger partial charge is 0.412 e. The number of carbonyl (C=O) groups is 2. The van der Waals surface area contributed by atoms with Crippen LogP contribution < -0.4 is 9.80 Å². The van der Waals surface area contributed by atoms with Gasteiger partial charge in [0.05, 0.1) is 26.1 Å². The van der Waals surface area contributed by atoms with Crippen molar-refractivity contribution >= 4 is 50.6 Å². The van der Waals surface area contributed by atoms with Crippen LogP contribution in [0.4, 0.5) is 16.2 Å². The van der Waals surface area contributed by atoms with E-state index in [1.54, 1.807) is 11.0 Å². The summed E-state index contributed by atoms with van der Waals surface area (Å²) in [6, 6.07) is 7.16. The molecule has 25 heavy (non-hydrogen) atoms. The second-order valence-electron chi connectivity index (χ2n) is 6.16. The number of halogens is 1. The van der Waals surface area contributed by atoms with E-state index in [0.717, 1.165) is 14.9 Å². The Labute approximate surface area is 159 Å². The number of fused-ring (bicyclic) bond motifs is 1. The fourth-order valence-electron chi connectivity index (χ4n) is 3.11. The molecule has 5 nitrogen and oxygen atoms in total. The number of nitrogens with zero attached hydrogens (tertiary/aromatic N) is 2. The van der Waals surface area contributed by atoms with Crippen molar-refractivity contribution in [2.24, 2.45) is 0 Å². The van der Waals surface area contributed by atoms with E-state index in [2.05, 4.69) is 15.9 Å². The third kappa shape index (κ3) is 3.18. The number of carboxylic acid groups (broad SMARTS) is 1. The lowest BCUT2D eigenvalue weighted by molar-refractivity contribution is 0.0986. The zero-order valence-corrected chi connectivity index (χ0v) is 16.6. The molecule has 1 aliphatic heterocycles. The molecule has 0 bridgehead atoms. The van der Waals surface area contributed by atoms with Gasteiger partial charge in [0, 0.05) is 6.54 Å². The van der Waals surface area contributed by atoms with Crippen LogP contribution in [-0.4, -0.2) is 29.7 Å². The highest BCUT2D eigenvalue weighted by Gasteiger charge is 2.37. The van der Waals surface area contributed by atoms with Gasteiger partial charge >= 0.3 is 6.09 Å². The summed E-state index contributed by atoms with van der Waals surface area (Å²) in [5.74, 6) is -0.0938. The molecular formula is C18H19BrN2O3S. The molecule has 1 atom stereocenters. The number of benzene rings is 1. The molecule has 7 heteroatoms. The minimum absolute atomic E-state index is 0.0938. The minimum Gasteiger partial charge on any atom is -0.465 e. The maximum Gasteiger partial charge on any atom is 0.412 e. The van der Waals surface area contributed by atoms with Crippen LogP contribution in [0.3, 0.4) is 0 Å². The Morgan fingerprint density at radius 3 is 2.40 bits per heavy atom. The number of anilines is 2. The predicted molar refractivity (Wildman–Crippen MR) is 104 cm³/mol. The van der Waals surface area contributed by atoms with Gasteiger partial charge in [-0.1, -0.05) is 6.92 Å². The first-order chi connectivity index (χ1) is 11.8. The summed E-state index contributed by atoms with van der Waals surface area (Å²) in [6.45, 7) is 6.22. The van der Waals surface area contributed by atoms with E-state index in [4.69, 9.17) is 0 Å². The number of aryl methyl sites for hydroxylation is 2. The third-order valence-corrected chi connectivity index (χ3v) is 6.22. The molecule has 0 aliphatic carbocycles. The summed E-state index contributed by atoms with van der Waals surface area (Å²) in [5.41, 5.74) is 3.28. The topological polar surface area (TPSA) is 60.9 Å². The van der Waals surface area contributed by atoms with Gasteiger partial charge < -0.3 is 10.0 Å². The number of amides is 2. The van der Waals surface area contributed by atoms with E-state index in [9.17, 15) is 14.7 Å². The van der Waals surface area contributed by atoms with E-state index >= 15 is 0 Å². The quantitative estimate of drug-likeness (QED) is 0.736. The SMILES string of the molecule is CCC1CN(C(=O)c2ccc(Br)s2)c2cc(C)c(C)cc2N1C(=O)O. The first kappa shape index (κ1) is 17.9. The van der Waals surface area contributed by atoms with E-state index in [0.29, 0.717) is 29.2 Å². The van der Waals surface area contributed by atoms with E-state index < -0.39 is 6.09 Å². The van der Waals surface area contributed by atoms with Crippen molar-refractivity contribution in [2.45, 2.75) is 33.2 Å².